The number of thiophene rings is 1. The smallest absolute Gasteiger partial charge is 0.227 e. The third-order valence-corrected chi connectivity index (χ3v) is 5.02. The van der Waals surface area contributed by atoms with Crippen LogP contribution >= 0.6 is 11.3 Å². The lowest BCUT2D eigenvalue weighted by Crippen LogP contribution is -2.34. The third-order valence-electron chi connectivity index (χ3n) is 3.97. The number of benzene rings is 1. The lowest BCUT2D eigenvalue weighted by Gasteiger charge is -2.18. The van der Waals surface area contributed by atoms with Crippen molar-refractivity contribution in [1.29, 1.82) is 0 Å². The molecule has 0 spiro atoms. The minimum absolute atomic E-state index is 0.0971. The van der Waals surface area contributed by atoms with Gasteiger partial charge in [0, 0.05) is 17.8 Å². The van der Waals surface area contributed by atoms with Crippen LogP contribution in [0.3, 0.4) is 0 Å². The Kier molecular flexibility index (Phi) is 4.43. The van der Waals surface area contributed by atoms with Crippen LogP contribution in [0.1, 0.15) is 24.3 Å². The number of para-hydroxylation sites is 1. The van der Waals surface area contributed by atoms with E-state index in [1.165, 1.54) is 11.0 Å². The summed E-state index contributed by atoms with van der Waals surface area (Å²) in [7, 11) is 0. The second-order valence-corrected chi connectivity index (χ2v) is 6.58. The highest BCUT2D eigenvalue weighted by molar-refractivity contribution is 7.10. The van der Waals surface area contributed by atoms with Crippen LogP contribution in [0, 0.1) is 11.7 Å². The van der Waals surface area contributed by atoms with Crippen LogP contribution in [-0.2, 0) is 9.59 Å². The highest BCUT2D eigenvalue weighted by Crippen LogP contribution is 2.28. The number of anilines is 1. The second-order valence-electron chi connectivity index (χ2n) is 5.60. The molecule has 0 unspecified atom stereocenters. The van der Waals surface area contributed by atoms with E-state index in [1.54, 1.807) is 29.5 Å². The highest BCUT2D eigenvalue weighted by Gasteiger charge is 2.36. The number of amides is 2. The Hall–Kier alpha value is -2.21. The Morgan fingerprint density at radius 3 is 2.83 bits per heavy atom. The molecule has 1 saturated heterocycles. The number of carbonyl (C=O) groups excluding carboxylic acids is 2. The fourth-order valence-corrected chi connectivity index (χ4v) is 3.46. The summed E-state index contributed by atoms with van der Waals surface area (Å²) in [6, 6.07) is 9.92. The van der Waals surface area contributed by atoms with E-state index in [9.17, 15) is 14.0 Å². The molecule has 0 radical (unpaired) electrons. The lowest BCUT2D eigenvalue weighted by molar-refractivity contribution is -0.126. The molecular formula is C17H17FN2O2S. The second kappa shape index (κ2) is 6.50. The zero-order chi connectivity index (χ0) is 16.4. The molecule has 1 aliphatic heterocycles. The number of carbonyl (C=O) groups is 2. The molecule has 1 N–H and O–H groups in total. The van der Waals surface area contributed by atoms with Crippen LogP contribution in [-0.4, -0.2) is 18.4 Å². The fraction of sp³-hybridized carbons (Fsp3) is 0.294. The molecule has 2 heterocycles. The molecule has 0 saturated carbocycles. The summed E-state index contributed by atoms with van der Waals surface area (Å²) in [4.78, 5) is 26.9. The molecule has 3 rings (SSSR count). The first-order valence-electron chi connectivity index (χ1n) is 7.45. The van der Waals surface area contributed by atoms with Gasteiger partial charge in [-0.05, 0) is 30.5 Å². The molecule has 2 atom stereocenters. The molecular weight excluding hydrogens is 315 g/mol. The molecule has 1 fully saturated rings. The first-order chi connectivity index (χ1) is 11.1. The van der Waals surface area contributed by atoms with Crippen LogP contribution in [0.25, 0.3) is 0 Å². The zero-order valence-electron chi connectivity index (χ0n) is 12.7. The summed E-state index contributed by atoms with van der Waals surface area (Å²) in [6.45, 7) is 2.12. The quantitative estimate of drug-likeness (QED) is 0.935. The van der Waals surface area contributed by atoms with Gasteiger partial charge in [0.25, 0.3) is 0 Å². The minimum atomic E-state index is -0.454. The van der Waals surface area contributed by atoms with E-state index in [1.807, 2.05) is 24.4 Å². The van der Waals surface area contributed by atoms with E-state index in [0.29, 0.717) is 0 Å². The normalized spacial score (nSPS) is 19.0. The maximum atomic E-state index is 13.8. The summed E-state index contributed by atoms with van der Waals surface area (Å²) >= 11 is 1.57. The van der Waals surface area contributed by atoms with Crippen molar-refractivity contribution in [2.45, 2.75) is 19.4 Å². The summed E-state index contributed by atoms with van der Waals surface area (Å²) in [6.07, 6.45) is 0.108. The van der Waals surface area contributed by atoms with Gasteiger partial charge in [0.15, 0.2) is 0 Å². The van der Waals surface area contributed by atoms with Crippen molar-refractivity contribution < 1.29 is 14.0 Å². The van der Waals surface area contributed by atoms with Crippen molar-refractivity contribution >= 4 is 28.8 Å². The molecule has 120 valence electrons. The summed E-state index contributed by atoms with van der Waals surface area (Å²) in [5.74, 6) is -1.30. The van der Waals surface area contributed by atoms with Gasteiger partial charge in [0.1, 0.15) is 5.82 Å². The molecule has 2 aromatic rings. The van der Waals surface area contributed by atoms with Crippen molar-refractivity contribution in [2.75, 3.05) is 11.4 Å². The Bertz CT molecular complexity index is 717. The molecule has 6 heteroatoms. The van der Waals surface area contributed by atoms with Crippen LogP contribution in [0.15, 0.2) is 41.8 Å². The molecule has 0 aliphatic carbocycles. The maximum absolute atomic E-state index is 13.8. The SMILES string of the molecule is C[C@H](NC(=O)[C@H]1CC(=O)N(c2ccccc2F)C1)c1cccs1. The van der Waals surface area contributed by atoms with Crippen molar-refractivity contribution in [1.82, 2.24) is 5.32 Å². The average molecular weight is 332 g/mol. The highest BCUT2D eigenvalue weighted by atomic mass is 32.1. The van der Waals surface area contributed by atoms with Crippen molar-refractivity contribution in [3.05, 3.63) is 52.5 Å². The number of hydrogen-bond acceptors (Lipinski definition) is 3. The summed E-state index contributed by atoms with van der Waals surface area (Å²) < 4.78 is 13.8. The maximum Gasteiger partial charge on any atom is 0.227 e. The largest absolute Gasteiger partial charge is 0.348 e. The van der Waals surface area contributed by atoms with E-state index >= 15 is 0 Å². The Morgan fingerprint density at radius 1 is 1.35 bits per heavy atom. The Morgan fingerprint density at radius 2 is 2.13 bits per heavy atom. The van der Waals surface area contributed by atoms with E-state index in [0.717, 1.165) is 4.88 Å². The average Bonchev–Trinajstić information content (AvgIpc) is 3.17. The molecule has 1 aliphatic rings. The van der Waals surface area contributed by atoms with Gasteiger partial charge >= 0.3 is 0 Å². The van der Waals surface area contributed by atoms with Gasteiger partial charge in [-0.2, -0.15) is 0 Å². The van der Waals surface area contributed by atoms with Gasteiger partial charge in [0.05, 0.1) is 17.6 Å². The summed E-state index contributed by atoms with van der Waals surface area (Å²) in [5.41, 5.74) is 0.235. The van der Waals surface area contributed by atoms with Crippen molar-refractivity contribution in [3.8, 4) is 0 Å². The van der Waals surface area contributed by atoms with Gasteiger partial charge in [-0.3, -0.25) is 9.59 Å². The number of nitrogens with zero attached hydrogens (tertiary/aromatic N) is 1. The number of halogens is 1. The Balaban J connectivity index is 1.67. The third kappa shape index (κ3) is 3.27. The van der Waals surface area contributed by atoms with E-state index in [2.05, 4.69) is 5.32 Å². The molecule has 0 bridgehead atoms. The van der Waals surface area contributed by atoms with E-state index in [-0.39, 0.29) is 36.5 Å². The van der Waals surface area contributed by atoms with Gasteiger partial charge < -0.3 is 10.2 Å². The van der Waals surface area contributed by atoms with Crippen LogP contribution in [0.5, 0.6) is 0 Å². The molecule has 1 aromatic carbocycles. The monoisotopic (exact) mass is 332 g/mol. The number of nitrogens with one attached hydrogen (secondary N) is 1. The number of hydrogen-bond donors (Lipinski definition) is 1. The van der Waals surface area contributed by atoms with E-state index in [4.69, 9.17) is 0 Å². The van der Waals surface area contributed by atoms with Gasteiger partial charge in [-0.25, -0.2) is 4.39 Å². The standard InChI is InChI=1S/C17H17FN2O2S/c1-11(15-7-4-8-23-15)19-17(22)12-9-16(21)20(10-12)14-6-3-2-5-13(14)18/h2-8,11-12H,9-10H2,1H3,(H,19,22)/t11-,12-/m0/s1. The molecule has 1 aromatic heterocycles. The van der Waals surface area contributed by atoms with E-state index < -0.39 is 11.7 Å². The molecule has 4 nitrogen and oxygen atoms in total. The van der Waals surface area contributed by atoms with Gasteiger partial charge in [-0.1, -0.05) is 18.2 Å². The van der Waals surface area contributed by atoms with Crippen LogP contribution in [0.2, 0.25) is 0 Å². The first-order valence-corrected chi connectivity index (χ1v) is 8.33. The molecule has 2 amide bonds. The fourth-order valence-electron chi connectivity index (χ4n) is 2.73. The lowest BCUT2D eigenvalue weighted by atomic mass is 10.1. The predicted molar refractivity (Wildman–Crippen MR) is 87.7 cm³/mol. The van der Waals surface area contributed by atoms with Gasteiger partial charge in [0.2, 0.25) is 11.8 Å². The summed E-state index contributed by atoms with van der Waals surface area (Å²) in [5, 5.41) is 4.89. The van der Waals surface area contributed by atoms with Gasteiger partial charge in [-0.15, -0.1) is 11.3 Å². The zero-order valence-corrected chi connectivity index (χ0v) is 13.5. The Labute approximate surface area is 137 Å². The van der Waals surface area contributed by atoms with Crippen LogP contribution < -0.4 is 10.2 Å². The topological polar surface area (TPSA) is 49.4 Å². The predicted octanol–water partition coefficient (Wildman–Crippen LogP) is 3.12. The number of rotatable bonds is 4. The van der Waals surface area contributed by atoms with Crippen molar-refractivity contribution in [2.24, 2.45) is 5.92 Å². The molecule has 23 heavy (non-hydrogen) atoms. The minimum Gasteiger partial charge on any atom is -0.348 e. The first kappa shape index (κ1) is 15.7. The van der Waals surface area contributed by atoms with Crippen LogP contribution in [0.4, 0.5) is 10.1 Å². The van der Waals surface area contributed by atoms with Crippen molar-refractivity contribution in [3.63, 3.8) is 0 Å².